The molecule has 0 aliphatic rings. The molecule has 7 aromatic rings. The average molecular weight is 550 g/mol. The van der Waals surface area contributed by atoms with Gasteiger partial charge in [0.1, 0.15) is 0 Å². The van der Waals surface area contributed by atoms with E-state index in [4.69, 9.17) is 4.98 Å². The minimum atomic E-state index is 0.641. The number of allylic oxidation sites excluding steroid dienone is 1. The molecule has 202 valence electrons. The van der Waals surface area contributed by atoms with E-state index < -0.39 is 0 Å². The molecule has 0 atom stereocenters. The number of hydrogen-bond acceptors (Lipinski definition) is 3. The fourth-order valence-corrected chi connectivity index (χ4v) is 6.01. The van der Waals surface area contributed by atoms with Crippen LogP contribution < -0.4 is 0 Å². The summed E-state index contributed by atoms with van der Waals surface area (Å²) in [6.07, 6.45) is 4.05. The van der Waals surface area contributed by atoms with Gasteiger partial charge in [0, 0.05) is 16.5 Å². The minimum Gasteiger partial charge on any atom is -0.262 e. The van der Waals surface area contributed by atoms with E-state index in [0.29, 0.717) is 5.56 Å². The third kappa shape index (κ3) is 4.56. The van der Waals surface area contributed by atoms with Crippen LogP contribution in [0.2, 0.25) is 0 Å². The van der Waals surface area contributed by atoms with Gasteiger partial charge in [-0.2, -0.15) is 5.26 Å². The van der Waals surface area contributed by atoms with Crippen LogP contribution in [-0.2, 0) is 0 Å². The van der Waals surface area contributed by atoms with E-state index in [2.05, 4.69) is 115 Å². The molecule has 0 amide bonds. The first-order valence-electron chi connectivity index (χ1n) is 14.3. The Hall–Kier alpha value is -5.85. The molecule has 0 spiro atoms. The van der Waals surface area contributed by atoms with E-state index in [-0.39, 0.29) is 0 Å². The Labute approximate surface area is 250 Å². The Balaban J connectivity index is 1.57. The lowest BCUT2D eigenvalue weighted by molar-refractivity contribution is 1.39. The smallest absolute Gasteiger partial charge is 0.0991 e. The van der Waals surface area contributed by atoms with Gasteiger partial charge in [-0.05, 0) is 87.8 Å². The summed E-state index contributed by atoms with van der Waals surface area (Å²) in [5.74, 6) is 0. The van der Waals surface area contributed by atoms with Crippen LogP contribution in [-0.4, -0.2) is 11.7 Å². The van der Waals surface area contributed by atoms with Gasteiger partial charge < -0.3 is 0 Å². The van der Waals surface area contributed by atoms with E-state index >= 15 is 0 Å². The zero-order chi connectivity index (χ0) is 29.3. The number of nitriles is 1. The SMILES string of the molecule is C=Nc1c(/C=C\C)ccc2ccc(-c3c(-c4cc5ccccc5cc4-c4ccc(C#N)cc4)ccc4ccccc34)nc12. The topological polar surface area (TPSA) is 49.0 Å². The van der Waals surface area contributed by atoms with Crippen LogP contribution in [0.4, 0.5) is 5.69 Å². The maximum absolute atomic E-state index is 9.42. The zero-order valence-electron chi connectivity index (χ0n) is 23.8. The highest BCUT2D eigenvalue weighted by atomic mass is 14.8. The lowest BCUT2D eigenvalue weighted by Gasteiger charge is -2.18. The van der Waals surface area contributed by atoms with Crippen molar-refractivity contribution in [2.75, 3.05) is 0 Å². The molecule has 3 nitrogen and oxygen atoms in total. The predicted molar refractivity (Wildman–Crippen MR) is 182 cm³/mol. The third-order valence-electron chi connectivity index (χ3n) is 8.06. The van der Waals surface area contributed by atoms with Crippen molar-refractivity contribution in [3.8, 4) is 39.6 Å². The first-order chi connectivity index (χ1) is 21.2. The molecule has 0 aliphatic carbocycles. The van der Waals surface area contributed by atoms with Gasteiger partial charge in [-0.1, -0.05) is 103 Å². The van der Waals surface area contributed by atoms with Crippen molar-refractivity contribution in [1.29, 1.82) is 5.26 Å². The molecule has 0 saturated carbocycles. The number of aliphatic imine (C=N–C) groups is 1. The fourth-order valence-electron chi connectivity index (χ4n) is 6.01. The number of nitrogens with zero attached hydrogens (tertiary/aromatic N) is 3. The van der Waals surface area contributed by atoms with Gasteiger partial charge in [-0.25, -0.2) is 4.98 Å². The largest absolute Gasteiger partial charge is 0.262 e. The van der Waals surface area contributed by atoms with Gasteiger partial charge in [0.2, 0.25) is 0 Å². The molecule has 0 N–H and O–H groups in total. The van der Waals surface area contributed by atoms with E-state index in [1.165, 1.54) is 0 Å². The number of pyridine rings is 1. The summed E-state index contributed by atoms with van der Waals surface area (Å²) >= 11 is 0. The van der Waals surface area contributed by atoms with Crippen LogP contribution in [0, 0.1) is 11.3 Å². The summed E-state index contributed by atoms with van der Waals surface area (Å²) in [7, 11) is 0. The Morgan fingerprint density at radius 3 is 2.09 bits per heavy atom. The normalized spacial score (nSPS) is 11.3. The number of benzene rings is 6. The van der Waals surface area contributed by atoms with Crippen LogP contribution >= 0.6 is 0 Å². The molecule has 43 heavy (non-hydrogen) atoms. The van der Waals surface area contributed by atoms with Gasteiger partial charge >= 0.3 is 0 Å². The standard InChI is InChI=1S/C40H27N3/c1-3-8-29-17-18-30-20-22-37(43-40(30)39(29)42-2)38-33-12-7-6-9-27(33)19-21-34(38)36-24-32-11-5-4-10-31(32)23-35(36)28-15-13-26(25-41)14-16-28/h3-24H,2H2,1H3/b8-3-. The quantitative estimate of drug-likeness (QED) is 0.201. The van der Waals surface area contributed by atoms with Gasteiger partial charge in [0.25, 0.3) is 0 Å². The Morgan fingerprint density at radius 2 is 1.37 bits per heavy atom. The molecule has 6 aromatic carbocycles. The van der Waals surface area contributed by atoms with Crippen molar-refractivity contribution in [3.63, 3.8) is 0 Å². The molecule has 0 unspecified atom stereocenters. The molecule has 1 aromatic heterocycles. The number of fused-ring (bicyclic) bond motifs is 3. The second-order valence-corrected chi connectivity index (χ2v) is 10.6. The summed E-state index contributed by atoms with van der Waals surface area (Å²) < 4.78 is 0. The molecular formula is C40H27N3. The first kappa shape index (κ1) is 26.1. The predicted octanol–water partition coefficient (Wildman–Crippen LogP) is 10.8. The van der Waals surface area contributed by atoms with Gasteiger partial charge in [-0.3, -0.25) is 4.99 Å². The molecule has 0 saturated heterocycles. The van der Waals surface area contributed by atoms with E-state index in [9.17, 15) is 5.26 Å². The molecule has 0 bridgehead atoms. The van der Waals surface area contributed by atoms with Crippen LogP contribution in [0.3, 0.4) is 0 Å². The van der Waals surface area contributed by atoms with Crippen molar-refractivity contribution in [1.82, 2.24) is 4.98 Å². The first-order valence-corrected chi connectivity index (χ1v) is 14.3. The minimum absolute atomic E-state index is 0.641. The van der Waals surface area contributed by atoms with E-state index in [1.807, 2.05) is 43.3 Å². The van der Waals surface area contributed by atoms with Crippen molar-refractivity contribution >= 4 is 50.9 Å². The zero-order valence-corrected chi connectivity index (χ0v) is 23.8. The Bertz CT molecular complexity index is 2270. The molecular weight excluding hydrogens is 522 g/mol. The van der Waals surface area contributed by atoms with Gasteiger partial charge in [0.15, 0.2) is 0 Å². The molecule has 0 fully saturated rings. The molecule has 1 heterocycles. The summed E-state index contributed by atoms with van der Waals surface area (Å²) in [5, 5.41) is 15.0. The Morgan fingerprint density at radius 1 is 0.698 bits per heavy atom. The van der Waals surface area contributed by atoms with Crippen molar-refractivity contribution in [2.24, 2.45) is 4.99 Å². The number of aromatic nitrogens is 1. The molecule has 7 rings (SSSR count). The van der Waals surface area contributed by atoms with Crippen molar-refractivity contribution in [2.45, 2.75) is 6.92 Å². The summed E-state index contributed by atoms with van der Waals surface area (Å²) in [4.78, 5) is 9.69. The maximum atomic E-state index is 9.42. The summed E-state index contributed by atoms with van der Waals surface area (Å²) in [5.41, 5.74) is 9.54. The van der Waals surface area contributed by atoms with Gasteiger partial charge in [0.05, 0.1) is 28.5 Å². The monoisotopic (exact) mass is 549 g/mol. The van der Waals surface area contributed by atoms with Crippen LogP contribution in [0.15, 0.2) is 132 Å². The highest BCUT2D eigenvalue weighted by Gasteiger charge is 2.19. The Kier molecular flexibility index (Phi) is 6.58. The van der Waals surface area contributed by atoms with E-state index in [0.717, 1.165) is 77.2 Å². The lowest BCUT2D eigenvalue weighted by atomic mass is 9.86. The van der Waals surface area contributed by atoms with Gasteiger partial charge in [-0.15, -0.1) is 0 Å². The summed E-state index contributed by atoms with van der Waals surface area (Å²) in [6, 6.07) is 44.3. The third-order valence-corrected chi connectivity index (χ3v) is 8.06. The van der Waals surface area contributed by atoms with Crippen LogP contribution in [0.5, 0.6) is 0 Å². The van der Waals surface area contributed by atoms with Crippen molar-refractivity contribution in [3.05, 3.63) is 139 Å². The second-order valence-electron chi connectivity index (χ2n) is 10.6. The lowest BCUT2D eigenvalue weighted by Crippen LogP contribution is -1.94. The highest BCUT2D eigenvalue weighted by Crippen LogP contribution is 2.44. The van der Waals surface area contributed by atoms with Crippen LogP contribution in [0.25, 0.3) is 72.0 Å². The fraction of sp³-hybridized carbons (Fsp3) is 0.0250. The average Bonchev–Trinajstić information content (AvgIpc) is 3.07. The maximum Gasteiger partial charge on any atom is 0.0991 e. The molecule has 0 aliphatic heterocycles. The number of hydrogen-bond donors (Lipinski definition) is 0. The van der Waals surface area contributed by atoms with E-state index in [1.54, 1.807) is 0 Å². The second kappa shape index (κ2) is 10.9. The number of rotatable bonds is 5. The van der Waals surface area contributed by atoms with Crippen LogP contribution in [0.1, 0.15) is 18.1 Å². The van der Waals surface area contributed by atoms with Crippen molar-refractivity contribution < 1.29 is 0 Å². The summed E-state index contributed by atoms with van der Waals surface area (Å²) in [6.45, 7) is 5.88. The molecule has 0 radical (unpaired) electrons. The molecule has 3 heteroatoms. The highest BCUT2D eigenvalue weighted by molar-refractivity contribution is 6.08.